The summed E-state index contributed by atoms with van der Waals surface area (Å²) in [6.45, 7) is 3.63. The molecule has 1 aromatic heterocycles. The third-order valence-electron chi connectivity index (χ3n) is 4.38. The van der Waals surface area contributed by atoms with E-state index in [4.69, 9.17) is 0 Å². The van der Waals surface area contributed by atoms with Gasteiger partial charge in [0, 0.05) is 26.0 Å². The van der Waals surface area contributed by atoms with Gasteiger partial charge in [0.15, 0.2) is 0 Å². The lowest BCUT2D eigenvalue weighted by molar-refractivity contribution is -0.121. The van der Waals surface area contributed by atoms with Gasteiger partial charge < -0.3 is 10.2 Å². The first kappa shape index (κ1) is 19.8. The fourth-order valence-corrected chi connectivity index (χ4v) is 4.00. The van der Waals surface area contributed by atoms with E-state index in [1.54, 1.807) is 6.07 Å². The molecule has 0 saturated carbocycles. The molecule has 0 atom stereocenters. The molecule has 2 heterocycles. The zero-order valence-electron chi connectivity index (χ0n) is 14.9. The first-order valence-electron chi connectivity index (χ1n) is 8.85. The average Bonchev–Trinajstić information content (AvgIpc) is 2.88. The van der Waals surface area contributed by atoms with E-state index in [1.165, 1.54) is 51.2 Å². The largest absolute Gasteiger partial charge is 0.355 e. The van der Waals surface area contributed by atoms with Crippen molar-refractivity contribution in [2.45, 2.75) is 37.0 Å². The van der Waals surface area contributed by atoms with Gasteiger partial charge in [0.1, 0.15) is 4.90 Å². The van der Waals surface area contributed by atoms with Gasteiger partial charge in [-0.3, -0.25) is 9.78 Å². The third kappa shape index (κ3) is 6.37. The van der Waals surface area contributed by atoms with E-state index >= 15 is 0 Å². The number of carbonyl (C=O) groups is 1. The number of sulfonamides is 1. The van der Waals surface area contributed by atoms with Crippen LogP contribution in [0.3, 0.4) is 0 Å². The van der Waals surface area contributed by atoms with Crippen LogP contribution in [0.1, 0.15) is 32.1 Å². The van der Waals surface area contributed by atoms with E-state index in [-0.39, 0.29) is 17.3 Å². The standard InChI is InChI=1S/C17H28N4O3S/c1-20(25(23,24)16-8-6-9-18-14-16)15-17(22)19-10-7-13-21-11-4-2-3-5-12-21/h6,8-9,14H,2-5,7,10-13,15H2,1H3,(H,19,22). The molecule has 0 aliphatic carbocycles. The summed E-state index contributed by atoms with van der Waals surface area (Å²) in [5.74, 6) is -0.286. The number of nitrogens with one attached hydrogen (secondary N) is 1. The summed E-state index contributed by atoms with van der Waals surface area (Å²) in [4.78, 5) is 18.3. The molecule has 1 aliphatic heterocycles. The van der Waals surface area contributed by atoms with Crippen molar-refractivity contribution < 1.29 is 13.2 Å². The second-order valence-corrected chi connectivity index (χ2v) is 8.45. The molecule has 1 saturated heterocycles. The highest BCUT2D eigenvalue weighted by Crippen LogP contribution is 2.12. The van der Waals surface area contributed by atoms with Gasteiger partial charge in [-0.25, -0.2) is 8.42 Å². The van der Waals surface area contributed by atoms with E-state index in [9.17, 15) is 13.2 Å². The summed E-state index contributed by atoms with van der Waals surface area (Å²) < 4.78 is 25.7. The lowest BCUT2D eigenvalue weighted by Crippen LogP contribution is -2.39. The van der Waals surface area contributed by atoms with Crippen LogP contribution in [0.25, 0.3) is 0 Å². The minimum atomic E-state index is -3.68. The third-order valence-corrected chi connectivity index (χ3v) is 6.17. The zero-order valence-corrected chi connectivity index (χ0v) is 15.7. The maximum atomic E-state index is 12.3. The van der Waals surface area contributed by atoms with Crippen LogP contribution < -0.4 is 5.32 Å². The smallest absolute Gasteiger partial charge is 0.244 e. The number of hydrogen-bond acceptors (Lipinski definition) is 5. The number of likely N-dealkylation sites (tertiary alicyclic amines) is 1. The maximum absolute atomic E-state index is 12.3. The molecule has 0 radical (unpaired) electrons. The number of likely N-dealkylation sites (N-methyl/N-ethyl adjacent to an activating group) is 1. The molecule has 1 N–H and O–H groups in total. The summed E-state index contributed by atoms with van der Waals surface area (Å²) in [6.07, 6.45) is 8.80. The van der Waals surface area contributed by atoms with Crippen LogP contribution in [0.15, 0.2) is 29.4 Å². The van der Waals surface area contributed by atoms with Crippen LogP contribution >= 0.6 is 0 Å². The Labute approximate surface area is 150 Å². The SMILES string of the molecule is CN(CC(=O)NCCCN1CCCCCC1)S(=O)(=O)c1cccnc1. The van der Waals surface area contributed by atoms with Gasteiger partial charge >= 0.3 is 0 Å². The summed E-state index contributed by atoms with van der Waals surface area (Å²) in [5, 5.41) is 2.80. The normalized spacial score (nSPS) is 16.6. The first-order chi connectivity index (χ1) is 12.0. The van der Waals surface area contributed by atoms with Gasteiger partial charge in [-0.2, -0.15) is 4.31 Å². The highest BCUT2D eigenvalue weighted by molar-refractivity contribution is 7.89. The van der Waals surface area contributed by atoms with Crippen molar-refractivity contribution in [3.05, 3.63) is 24.5 Å². The molecule has 8 heteroatoms. The van der Waals surface area contributed by atoms with Crippen LogP contribution in [0.4, 0.5) is 0 Å². The van der Waals surface area contributed by atoms with E-state index in [0.717, 1.165) is 30.4 Å². The number of pyridine rings is 1. The Bertz CT molecular complexity index is 629. The fraction of sp³-hybridized carbons (Fsp3) is 0.647. The molecule has 1 amide bonds. The number of carbonyl (C=O) groups excluding carboxylic acids is 1. The van der Waals surface area contributed by atoms with E-state index in [2.05, 4.69) is 15.2 Å². The minimum absolute atomic E-state index is 0.0893. The average molecular weight is 369 g/mol. The molecule has 25 heavy (non-hydrogen) atoms. The molecule has 0 bridgehead atoms. The monoisotopic (exact) mass is 368 g/mol. The maximum Gasteiger partial charge on any atom is 0.244 e. The van der Waals surface area contributed by atoms with Crippen LogP contribution in [0.2, 0.25) is 0 Å². The Kier molecular flexibility index (Phi) is 7.80. The molecular formula is C17H28N4O3S. The van der Waals surface area contributed by atoms with Crippen molar-refractivity contribution in [2.24, 2.45) is 0 Å². The Morgan fingerprint density at radius 3 is 2.64 bits per heavy atom. The molecular weight excluding hydrogens is 340 g/mol. The molecule has 2 rings (SSSR count). The highest BCUT2D eigenvalue weighted by Gasteiger charge is 2.22. The quantitative estimate of drug-likeness (QED) is 0.695. The molecule has 7 nitrogen and oxygen atoms in total. The number of aromatic nitrogens is 1. The van der Waals surface area contributed by atoms with Crippen molar-refractivity contribution in [1.82, 2.24) is 19.5 Å². The number of amides is 1. The first-order valence-corrected chi connectivity index (χ1v) is 10.3. The van der Waals surface area contributed by atoms with Gasteiger partial charge in [0.25, 0.3) is 0 Å². The molecule has 140 valence electrons. The van der Waals surface area contributed by atoms with Crippen LogP contribution in [-0.2, 0) is 14.8 Å². The van der Waals surface area contributed by atoms with E-state index < -0.39 is 10.0 Å². The molecule has 0 aromatic carbocycles. The Hall–Kier alpha value is -1.51. The van der Waals surface area contributed by atoms with Crippen molar-refractivity contribution in [1.29, 1.82) is 0 Å². The topological polar surface area (TPSA) is 82.6 Å². The van der Waals surface area contributed by atoms with E-state index in [1.807, 2.05) is 0 Å². The predicted octanol–water partition coefficient (Wildman–Crippen LogP) is 1.08. The van der Waals surface area contributed by atoms with Gasteiger partial charge in [0.2, 0.25) is 15.9 Å². The minimum Gasteiger partial charge on any atom is -0.355 e. The van der Waals surface area contributed by atoms with Crippen LogP contribution in [-0.4, -0.2) is 68.3 Å². The summed E-state index contributed by atoms with van der Waals surface area (Å²) in [6, 6.07) is 3.03. The highest BCUT2D eigenvalue weighted by atomic mass is 32.2. The van der Waals surface area contributed by atoms with Crippen LogP contribution in [0.5, 0.6) is 0 Å². The van der Waals surface area contributed by atoms with Crippen molar-refractivity contribution >= 4 is 15.9 Å². The summed E-state index contributed by atoms with van der Waals surface area (Å²) in [5.41, 5.74) is 0. The van der Waals surface area contributed by atoms with Gasteiger partial charge in [-0.15, -0.1) is 0 Å². The van der Waals surface area contributed by atoms with Crippen molar-refractivity contribution in [3.63, 3.8) is 0 Å². The molecule has 1 aliphatic rings. The molecule has 0 unspecified atom stereocenters. The number of nitrogens with zero attached hydrogens (tertiary/aromatic N) is 3. The second kappa shape index (κ2) is 9.84. The zero-order chi connectivity index (χ0) is 18.1. The lowest BCUT2D eigenvalue weighted by atomic mass is 10.2. The molecule has 0 spiro atoms. The Morgan fingerprint density at radius 1 is 1.28 bits per heavy atom. The predicted molar refractivity (Wildman–Crippen MR) is 96.6 cm³/mol. The van der Waals surface area contributed by atoms with Crippen molar-refractivity contribution in [2.75, 3.05) is 39.8 Å². The number of rotatable bonds is 8. The van der Waals surface area contributed by atoms with Crippen molar-refractivity contribution in [3.8, 4) is 0 Å². The van der Waals surface area contributed by atoms with E-state index in [0.29, 0.717) is 6.54 Å². The number of hydrogen-bond donors (Lipinski definition) is 1. The Morgan fingerprint density at radius 2 is 2.00 bits per heavy atom. The van der Waals surface area contributed by atoms with Gasteiger partial charge in [0.05, 0.1) is 6.54 Å². The Balaban J connectivity index is 1.70. The van der Waals surface area contributed by atoms with Gasteiger partial charge in [-0.05, 0) is 51.0 Å². The van der Waals surface area contributed by atoms with Crippen LogP contribution in [0, 0.1) is 0 Å². The lowest BCUT2D eigenvalue weighted by Gasteiger charge is -2.20. The summed E-state index contributed by atoms with van der Waals surface area (Å²) >= 11 is 0. The fourth-order valence-electron chi connectivity index (χ4n) is 2.91. The summed E-state index contributed by atoms with van der Waals surface area (Å²) in [7, 11) is -2.28. The van der Waals surface area contributed by atoms with Gasteiger partial charge in [-0.1, -0.05) is 12.8 Å². The second-order valence-electron chi connectivity index (χ2n) is 6.41. The molecule has 1 aromatic rings. The molecule has 1 fully saturated rings.